The van der Waals surface area contributed by atoms with Crippen molar-refractivity contribution in [3.05, 3.63) is 34.1 Å². The van der Waals surface area contributed by atoms with Gasteiger partial charge in [0.25, 0.3) is 0 Å². The summed E-state index contributed by atoms with van der Waals surface area (Å²) >= 11 is 5.42. The molecule has 0 saturated carbocycles. The number of benzene rings is 1. The van der Waals surface area contributed by atoms with Gasteiger partial charge in [-0.15, -0.1) is 0 Å². The number of halogens is 2. The van der Waals surface area contributed by atoms with Gasteiger partial charge in [0.1, 0.15) is 5.82 Å². The third-order valence-electron chi connectivity index (χ3n) is 3.20. The van der Waals surface area contributed by atoms with Crippen LogP contribution in [-0.4, -0.2) is 17.5 Å². The van der Waals surface area contributed by atoms with Gasteiger partial charge in [-0.05, 0) is 54.0 Å². The highest BCUT2D eigenvalue weighted by Crippen LogP contribution is 2.29. The summed E-state index contributed by atoms with van der Waals surface area (Å²) in [5, 5.41) is 0. The average Bonchev–Trinajstić information content (AvgIpc) is 2.84. The summed E-state index contributed by atoms with van der Waals surface area (Å²) in [5.41, 5.74) is 3.86. The van der Waals surface area contributed by atoms with E-state index in [0.29, 0.717) is 5.92 Å². The van der Waals surface area contributed by atoms with Crippen LogP contribution in [0.15, 0.2) is 22.7 Å². The maximum Gasteiger partial charge on any atom is 0.123 e. The van der Waals surface area contributed by atoms with Gasteiger partial charge >= 0.3 is 0 Å². The Labute approximate surface area is 114 Å². The highest BCUT2D eigenvalue weighted by Gasteiger charge is 2.25. The van der Waals surface area contributed by atoms with Crippen molar-refractivity contribution in [2.75, 3.05) is 11.5 Å². The van der Waals surface area contributed by atoms with Crippen LogP contribution in [0.5, 0.6) is 0 Å². The molecule has 2 nitrogen and oxygen atoms in total. The predicted molar refractivity (Wildman–Crippen MR) is 74.3 cm³/mol. The van der Waals surface area contributed by atoms with Gasteiger partial charge in [-0.2, -0.15) is 11.8 Å². The van der Waals surface area contributed by atoms with E-state index in [1.165, 1.54) is 18.2 Å². The summed E-state index contributed by atoms with van der Waals surface area (Å²) in [6.07, 6.45) is 1.95. The van der Waals surface area contributed by atoms with Crippen molar-refractivity contribution < 1.29 is 4.39 Å². The van der Waals surface area contributed by atoms with Gasteiger partial charge in [0.15, 0.2) is 0 Å². The topological polar surface area (TPSA) is 38.0 Å². The van der Waals surface area contributed by atoms with Gasteiger partial charge in [-0.25, -0.2) is 4.39 Å². The molecule has 1 aliphatic heterocycles. The predicted octanol–water partition coefficient (Wildman–Crippen LogP) is 2.72. The fraction of sp³-hybridized carbons (Fsp3) is 0.500. The molecule has 0 aromatic heterocycles. The second-order valence-corrected chi connectivity index (χ2v) is 6.34. The molecule has 17 heavy (non-hydrogen) atoms. The van der Waals surface area contributed by atoms with Crippen LogP contribution < -0.4 is 11.3 Å². The molecule has 1 heterocycles. The summed E-state index contributed by atoms with van der Waals surface area (Å²) < 4.78 is 14.2. The van der Waals surface area contributed by atoms with Gasteiger partial charge in [-0.3, -0.25) is 11.3 Å². The van der Waals surface area contributed by atoms with E-state index >= 15 is 0 Å². The zero-order valence-electron chi connectivity index (χ0n) is 9.46. The molecule has 2 unspecified atom stereocenters. The molecule has 1 saturated heterocycles. The molecule has 2 atom stereocenters. The van der Waals surface area contributed by atoms with Gasteiger partial charge in [0.05, 0.1) is 0 Å². The van der Waals surface area contributed by atoms with Crippen LogP contribution in [0.3, 0.4) is 0 Å². The van der Waals surface area contributed by atoms with Crippen LogP contribution in [-0.2, 0) is 6.42 Å². The van der Waals surface area contributed by atoms with Gasteiger partial charge in [0, 0.05) is 10.5 Å². The van der Waals surface area contributed by atoms with Gasteiger partial charge < -0.3 is 0 Å². The maximum absolute atomic E-state index is 13.2. The van der Waals surface area contributed by atoms with Crippen molar-refractivity contribution in [1.29, 1.82) is 0 Å². The van der Waals surface area contributed by atoms with E-state index in [0.717, 1.165) is 22.2 Å². The molecule has 0 bridgehead atoms. The number of hydrogen-bond acceptors (Lipinski definition) is 3. The normalized spacial score (nSPS) is 21.7. The molecule has 5 heteroatoms. The molecule has 94 valence electrons. The maximum atomic E-state index is 13.2. The Hall–Kier alpha value is -0.100. The van der Waals surface area contributed by atoms with Crippen molar-refractivity contribution in [3.63, 3.8) is 0 Å². The van der Waals surface area contributed by atoms with Crippen molar-refractivity contribution in [2.24, 2.45) is 11.8 Å². The lowest BCUT2D eigenvalue weighted by Crippen LogP contribution is -2.42. The summed E-state index contributed by atoms with van der Waals surface area (Å²) in [6.45, 7) is 0. The molecular weight excluding hydrogens is 303 g/mol. The summed E-state index contributed by atoms with van der Waals surface area (Å²) in [5.74, 6) is 8.35. The van der Waals surface area contributed by atoms with E-state index in [1.54, 1.807) is 12.1 Å². The Morgan fingerprint density at radius 1 is 1.59 bits per heavy atom. The number of hydrogen-bond donors (Lipinski definition) is 2. The molecule has 0 aliphatic carbocycles. The number of rotatable bonds is 4. The van der Waals surface area contributed by atoms with Crippen LogP contribution in [0, 0.1) is 11.7 Å². The summed E-state index contributed by atoms with van der Waals surface area (Å²) in [7, 11) is 0. The minimum Gasteiger partial charge on any atom is -0.271 e. The molecule has 2 rings (SSSR count). The molecule has 3 N–H and O–H groups in total. The highest BCUT2D eigenvalue weighted by atomic mass is 79.9. The van der Waals surface area contributed by atoms with Crippen LogP contribution in [0.4, 0.5) is 4.39 Å². The van der Waals surface area contributed by atoms with E-state index < -0.39 is 0 Å². The minimum absolute atomic E-state index is 0.195. The molecular formula is C12H16BrFN2S. The molecule has 1 fully saturated rings. The van der Waals surface area contributed by atoms with Crippen LogP contribution in [0.25, 0.3) is 0 Å². The number of hydrazine groups is 1. The lowest BCUT2D eigenvalue weighted by Gasteiger charge is -2.22. The largest absolute Gasteiger partial charge is 0.271 e. The Bertz CT molecular complexity index is 383. The van der Waals surface area contributed by atoms with Crippen molar-refractivity contribution >= 4 is 27.7 Å². The first-order chi connectivity index (χ1) is 8.20. The van der Waals surface area contributed by atoms with E-state index in [-0.39, 0.29) is 11.9 Å². The molecule has 0 radical (unpaired) electrons. The first-order valence-electron chi connectivity index (χ1n) is 5.68. The monoisotopic (exact) mass is 318 g/mol. The lowest BCUT2D eigenvalue weighted by molar-refractivity contribution is 0.385. The van der Waals surface area contributed by atoms with Crippen LogP contribution in [0.1, 0.15) is 12.0 Å². The number of nitrogens with one attached hydrogen (secondary N) is 1. The van der Waals surface area contributed by atoms with E-state index in [1.807, 2.05) is 11.8 Å². The van der Waals surface area contributed by atoms with Crippen LogP contribution in [0.2, 0.25) is 0 Å². The lowest BCUT2D eigenvalue weighted by atomic mass is 9.93. The first-order valence-corrected chi connectivity index (χ1v) is 7.63. The van der Waals surface area contributed by atoms with Gasteiger partial charge in [-0.1, -0.05) is 15.9 Å². The summed E-state index contributed by atoms with van der Waals surface area (Å²) in [4.78, 5) is 0. The molecule has 0 amide bonds. The van der Waals surface area contributed by atoms with E-state index in [9.17, 15) is 4.39 Å². The standard InChI is InChI=1S/C12H16BrFN2S/c13-11-2-1-10(14)5-9(11)6-12(16-15)8-3-4-17-7-8/h1-2,5,8,12,16H,3-4,6-7,15H2. The quantitative estimate of drug-likeness (QED) is 0.662. The van der Waals surface area contributed by atoms with Crippen LogP contribution >= 0.6 is 27.7 Å². The number of nitrogens with two attached hydrogens (primary N) is 1. The molecule has 1 aliphatic rings. The Balaban J connectivity index is 2.09. The van der Waals surface area contributed by atoms with Crippen molar-refractivity contribution in [1.82, 2.24) is 5.43 Å². The summed E-state index contributed by atoms with van der Waals surface area (Å²) in [6, 6.07) is 5.02. The zero-order chi connectivity index (χ0) is 12.3. The van der Waals surface area contributed by atoms with Crippen molar-refractivity contribution in [3.8, 4) is 0 Å². The second kappa shape index (κ2) is 6.18. The van der Waals surface area contributed by atoms with E-state index in [4.69, 9.17) is 5.84 Å². The fourth-order valence-corrected chi connectivity index (χ4v) is 3.91. The molecule has 1 aromatic carbocycles. The SMILES string of the molecule is NNC(Cc1cc(F)ccc1Br)C1CCSC1. The fourth-order valence-electron chi connectivity index (χ4n) is 2.17. The van der Waals surface area contributed by atoms with E-state index in [2.05, 4.69) is 21.4 Å². The minimum atomic E-state index is -0.195. The Kier molecular flexibility index (Phi) is 4.85. The number of thioether (sulfide) groups is 1. The average molecular weight is 319 g/mol. The third-order valence-corrected chi connectivity index (χ3v) is 5.16. The van der Waals surface area contributed by atoms with Gasteiger partial charge in [0.2, 0.25) is 0 Å². The van der Waals surface area contributed by atoms with Crippen molar-refractivity contribution in [2.45, 2.75) is 18.9 Å². The smallest absolute Gasteiger partial charge is 0.123 e. The highest BCUT2D eigenvalue weighted by molar-refractivity contribution is 9.10. The third kappa shape index (κ3) is 3.44. The Morgan fingerprint density at radius 3 is 3.06 bits per heavy atom. The molecule has 0 spiro atoms. The Morgan fingerprint density at radius 2 is 2.41 bits per heavy atom. The molecule has 1 aromatic rings. The second-order valence-electron chi connectivity index (χ2n) is 4.34. The zero-order valence-corrected chi connectivity index (χ0v) is 11.9. The first kappa shape index (κ1) is 13.3.